The van der Waals surface area contributed by atoms with Crippen LogP contribution in [0.2, 0.25) is 18.1 Å². The molecule has 2 heterocycles. The van der Waals surface area contributed by atoms with E-state index in [1.54, 1.807) is 0 Å². The molecular formula is C19H26O4Si. The quantitative estimate of drug-likeness (QED) is 0.470. The number of hydrogen-bond donors (Lipinski definition) is 0. The molecule has 130 valence electrons. The van der Waals surface area contributed by atoms with Gasteiger partial charge in [0.25, 0.3) is 0 Å². The molecule has 1 aromatic rings. The molecule has 4 nitrogen and oxygen atoms in total. The smallest absolute Gasteiger partial charge is 0.330 e. The van der Waals surface area contributed by atoms with Gasteiger partial charge in [-0.3, -0.25) is 0 Å². The Morgan fingerprint density at radius 1 is 1.08 bits per heavy atom. The minimum absolute atomic E-state index is 0.0268. The van der Waals surface area contributed by atoms with Crippen molar-refractivity contribution in [2.45, 2.75) is 63.3 Å². The van der Waals surface area contributed by atoms with Crippen LogP contribution >= 0.6 is 0 Å². The highest BCUT2D eigenvalue weighted by atomic mass is 28.4. The van der Waals surface area contributed by atoms with Crippen LogP contribution in [-0.2, 0) is 18.7 Å². The molecule has 5 heteroatoms. The molecule has 0 aromatic heterocycles. The maximum Gasteiger partial charge on any atom is 0.330 e. The first kappa shape index (κ1) is 17.4. The number of benzene rings is 1. The lowest BCUT2D eigenvalue weighted by atomic mass is 10.0. The van der Waals surface area contributed by atoms with Crippen molar-refractivity contribution in [1.29, 1.82) is 0 Å². The fourth-order valence-corrected chi connectivity index (χ4v) is 3.93. The molecule has 0 N–H and O–H groups in total. The lowest BCUT2D eigenvalue weighted by Crippen LogP contribution is -2.49. The van der Waals surface area contributed by atoms with E-state index in [9.17, 15) is 4.79 Å². The number of ether oxygens (including phenoxy) is 2. The first-order chi connectivity index (χ1) is 11.2. The number of carbonyl (C=O) groups excluding carboxylic acids is 1. The molecule has 4 atom stereocenters. The Balaban J connectivity index is 1.76. The summed E-state index contributed by atoms with van der Waals surface area (Å²) in [6.45, 7) is 11.0. The fraction of sp³-hybridized carbons (Fsp3) is 0.526. The lowest BCUT2D eigenvalue weighted by molar-refractivity contribution is -0.150. The van der Waals surface area contributed by atoms with Crippen LogP contribution < -0.4 is 0 Å². The summed E-state index contributed by atoms with van der Waals surface area (Å²) in [7, 11) is -1.97. The van der Waals surface area contributed by atoms with E-state index in [4.69, 9.17) is 13.9 Å². The van der Waals surface area contributed by atoms with Gasteiger partial charge >= 0.3 is 5.97 Å². The van der Waals surface area contributed by atoms with E-state index >= 15 is 0 Å². The summed E-state index contributed by atoms with van der Waals surface area (Å²) >= 11 is 0. The maximum absolute atomic E-state index is 11.7. The van der Waals surface area contributed by atoms with Crippen LogP contribution in [0.5, 0.6) is 0 Å². The highest BCUT2D eigenvalue weighted by Gasteiger charge is 2.53. The predicted octanol–water partition coefficient (Wildman–Crippen LogP) is 4.00. The van der Waals surface area contributed by atoms with Gasteiger partial charge in [0.05, 0.1) is 0 Å². The van der Waals surface area contributed by atoms with Gasteiger partial charge in [0.1, 0.15) is 18.3 Å². The SMILES string of the molecule is CC(C)(C)[Si](C)(C)O[C@H]1C=CC(=O)O[C@H]1[C@H]1O[C@H]1c1ccccc1. The zero-order valence-electron chi connectivity index (χ0n) is 15.0. The summed E-state index contributed by atoms with van der Waals surface area (Å²) in [5.41, 5.74) is 1.11. The van der Waals surface area contributed by atoms with Crippen LogP contribution in [0, 0.1) is 0 Å². The third-order valence-corrected chi connectivity index (χ3v) is 9.69. The van der Waals surface area contributed by atoms with Gasteiger partial charge in [0, 0.05) is 6.08 Å². The summed E-state index contributed by atoms with van der Waals surface area (Å²) in [6.07, 6.45) is 2.50. The molecule has 2 aliphatic heterocycles. The fourth-order valence-electron chi connectivity index (χ4n) is 2.69. The van der Waals surface area contributed by atoms with E-state index in [-0.39, 0.29) is 35.4 Å². The van der Waals surface area contributed by atoms with Gasteiger partial charge in [0.15, 0.2) is 14.4 Å². The third kappa shape index (κ3) is 3.48. The van der Waals surface area contributed by atoms with Gasteiger partial charge in [-0.1, -0.05) is 51.1 Å². The maximum atomic E-state index is 11.7. The molecule has 0 aliphatic carbocycles. The normalized spacial score (nSPS) is 30.1. The molecule has 24 heavy (non-hydrogen) atoms. The van der Waals surface area contributed by atoms with Crippen molar-refractivity contribution in [3.8, 4) is 0 Å². The van der Waals surface area contributed by atoms with Gasteiger partial charge in [-0.05, 0) is 29.8 Å². The highest BCUT2D eigenvalue weighted by Crippen LogP contribution is 2.45. The van der Waals surface area contributed by atoms with Crippen molar-refractivity contribution in [3.63, 3.8) is 0 Å². The Labute approximate surface area is 144 Å². The standard InChI is InChI=1S/C19H26O4Si/c1-19(2,3)24(4,5)23-14-11-12-15(20)21-17(14)18-16(22-18)13-9-7-6-8-10-13/h6-12,14,16-18H,1-5H3/t14-,16-,17+,18-/m0/s1. The topological polar surface area (TPSA) is 48.1 Å². The van der Waals surface area contributed by atoms with Gasteiger partial charge in [-0.25, -0.2) is 4.79 Å². The highest BCUT2D eigenvalue weighted by molar-refractivity contribution is 6.74. The molecule has 0 unspecified atom stereocenters. The molecule has 0 radical (unpaired) electrons. The molecule has 0 amide bonds. The number of cyclic esters (lactones) is 1. The van der Waals surface area contributed by atoms with E-state index in [1.165, 1.54) is 6.08 Å². The largest absolute Gasteiger partial charge is 0.453 e. The number of epoxide rings is 1. The second kappa shape index (κ2) is 6.13. The summed E-state index contributed by atoms with van der Waals surface area (Å²) in [5.74, 6) is -0.322. The average Bonchev–Trinajstić information content (AvgIpc) is 3.29. The first-order valence-electron chi connectivity index (χ1n) is 8.46. The van der Waals surface area contributed by atoms with Crippen molar-refractivity contribution in [1.82, 2.24) is 0 Å². The monoisotopic (exact) mass is 346 g/mol. The molecular weight excluding hydrogens is 320 g/mol. The van der Waals surface area contributed by atoms with Crippen LogP contribution in [0.3, 0.4) is 0 Å². The van der Waals surface area contributed by atoms with Crippen LogP contribution in [0.4, 0.5) is 0 Å². The van der Waals surface area contributed by atoms with E-state index in [0.29, 0.717) is 0 Å². The molecule has 3 rings (SSSR count). The zero-order valence-corrected chi connectivity index (χ0v) is 16.0. The second-order valence-electron chi connectivity index (χ2n) is 8.04. The number of carbonyl (C=O) groups is 1. The Hall–Kier alpha value is -1.43. The Kier molecular flexibility index (Phi) is 4.44. The average molecular weight is 346 g/mol. The number of esters is 1. The molecule has 1 saturated heterocycles. The second-order valence-corrected chi connectivity index (χ2v) is 12.8. The Bertz CT molecular complexity index is 633. The molecule has 0 saturated carbocycles. The first-order valence-corrected chi connectivity index (χ1v) is 11.4. The summed E-state index contributed by atoms with van der Waals surface area (Å²) < 4.78 is 17.9. The molecule has 0 spiro atoms. The Morgan fingerprint density at radius 2 is 1.75 bits per heavy atom. The van der Waals surface area contributed by atoms with E-state index < -0.39 is 8.32 Å². The van der Waals surface area contributed by atoms with Crippen LogP contribution in [0.1, 0.15) is 32.4 Å². The molecule has 2 aliphatic rings. The number of hydrogen-bond acceptors (Lipinski definition) is 4. The Morgan fingerprint density at radius 3 is 2.38 bits per heavy atom. The van der Waals surface area contributed by atoms with Gasteiger partial charge < -0.3 is 13.9 Å². The third-order valence-electron chi connectivity index (χ3n) is 5.21. The minimum atomic E-state index is -1.97. The molecule has 1 fully saturated rings. The van der Waals surface area contributed by atoms with Crippen LogP contribution in [0.25, 0.3) is 0 Å². The van der Waals surface area contributed by atoms with Gasteiger partial charge in [0.2, 0.25) is 0 Å². The van der Waals surface area contributed by atoms with Crippen molar-refractivity contribution < 1.29 is 18.7 Å². The van der Waals surface area contributed by atoms with E-state index in [0.717, 1.165) is 5.56 Å². The van der Waals surface area contributed by atoms with Crippen LogP contribution in [-0.4, -0.2) is 32.6 Å². The lowest BCUT2D eigenvalue weighted by Gasteiger charge is -2.40. The summed E-state index contributed by atoms with van der Waals surface area (Å²) in [6, 6.07) is 10.0. The minimum Gasteiger partial charge on any atom is -0.453 e. The van der Waals surface area contributed by atoms with Crippen molar-refractivity contribution >= 4 is 14.3 Å². The zero-order chi connectivity index (χ0) is 17.5. The van der Waals surface area contributed by atoms with Gasteiger partial charge in [-0.2, -0.15) is 0 Å². The molecule has 1 aromatic carbocycles. The van der Waals surface area contributed by atoms with Gasteiger partial charge in [-0.15, -0.1) is 0 Å². The van der Waals surface area contributed by atoms with Crippen molar-refractivity contribution in [2.24, 2.45) is 0 Å². The van der Waals surface area contributed by atoms with Crippen molar-refractivity contribution in [3.05, 3.63) is 48.0 Å². The summed E-state index contributed by atoms with van der Waals surface area (Å²) in [5, 5.41) is 0.0933. The van der Waals surface area contributed by atoms with Crippen molar-refractivity contribution in [2.75, 3.05) is 0 Å². The summed E-state index contributed by atoms with van der Waals surface area (Å²) in [4.78, 5) is 11.7. The van der Waals surface area contributed by atoms with E-state index in [2.05, 4.69) is 33.9 Å². The molecule has 0 bridgehead atoms. The van der Waals surface area contributed by atoms with E-state index in [1.807, 2.05) is 36.4 Å². The number of rotatable bonds is 4. The van der Waals surface area contributed by atoms with Crippen LogP contribution in [0.15, 0.2) is 42.5 Å². The predicted molar refractivity (Wildman–Crippen MR) is 95.1 cm³/mol.